The molecule has 1 unspecified atom stereocenters. The summed E-state index contributed by atoms with van der Waals surface area (Å²) in [5, 5.41) is 17.5. The Hall–Kier alpha value is -2.64. The summed E-state index contributed by atoms with van der Waals surface area (Å²) in [6, 6.07) is 3.53. The van der Waals surface area contributed by atoms with E-state index in [2.05, 4.69) is 30.8 Å². The van der Waals surface area contributed by atoms with Crippen LogP contribution in [0.15, 0.2) is 23.1 Å². The topological polar surface area (TPSA) is 119 Å². The lowest BCUT2D eigenvalue weighted by atomic mass is 10.2. The molecule has 0 amide bonds. The lowest BCUT2D eigenvalue weighted by Gasteiger charge is -2.12. The molecule has 0 aliphatic rings. The highest BCUT2D eigenvalue weighted by atomic mass is 16.6. The fourth-order valence-corrected chi connectivity index (χ4v) is 1.73. The van der Waals surface area contributed by atoms with E-state index in [4.69, 9.17) is 10.4 Å². The molecule has 0 radical (unpaired) electrons. The number of H-pyrrole nitrogens is 1. The van der Waals surface area contributed by atoms with Crippen LogP contribution in [-0.4, -0.2) is 25.5 Å². The van der Waals surface area contributed by atoms with Crippen LogP contribution in [0.2, 0.25) is 0 Å². The van der Waals surface area contributed by atoms with Crippen LogP contribution < -0.4 is 11.1 Å². The molecule has 0 aliphatic heterocycles. The summed E-state index contributed by atoms with van der Waals surface area (Å²) in [5.41, 5.74) is 8.23. The highest BCUT2D eigenvalue weighted by Crippen LogP contribution is 2.27. The van der Waals surface area contributed by atoms with E-state index in [0.717, 1.165) is 11.5 Å². The van der Waals surface area contributed by atoms with Gasteiger partial charge in [-0.3, -0.25) is 5.10 Å². The first-order valence-electron chi connectivity index (χ1n) is 5.38. The molecule has 3 rings (SSSR count). The minimum Gasteiger partial charge on any atom is -0.397 e. The summed E-state index contributed by atoms with van der Waals surface area (Å²) >= 11 is 0. The fraction of sp³-hybridized carbons (Fsp3) is 0.200. The SMILES string of the molecule is CC(Nc1ccc(N)c2nonc12)c1ncn[nH]1. The van der Waals surface area contributed by atoms with Crippen molar-refractivity contribution in [1.82, 2.24) is 25.5 Å². The highest BCUT2D eigenvalue weighted by Gasteiger charge is 2.14. The molecule has 0 saturated heterocycles. The number of nitrogen functional groups attached to an aromatic ring is 1. The molecule has 1 aromatic carbocycles. The van der Waals surface area contributed by atoms with E-state index in [1.165, 1.54) is 6.33 Å². The van der Waals surface area contributed by atoms with Gasteiger partial charge >= 0.3 is 0 Å². The molecule has 1 atom stereocenters. The number of anilines is 2. The first-order chi connectivity index (χ1) is 8.75. The van der Waals surface area contributed by atoms with Gasteiger partial charge in [0.15, 0.2) is 11.0 Å². The predicted molar refractivity (Wildman–Crippen MR) is 64.6 cm³/mol. The maximum absolute atomic E-state index is 5.78. The number of aromatic amines is 1. The van der Waals surface area contributed by atoms with Crippen LogP contribution in [0.3, 0.4) is 0 Å². The van der Waals surface area contributed by atoms with Crippen molar-refractivity contribution in [2.75, 3.05) is 11.1 Å². The van der Waals surface area contributed by atoms with Gasteiger partial charge < -0.3 is 11.1 Å². The fourth-order valence-electron chi connectivity index (χ4n) is 1.73. The first-order valence-corrected chi connectivity index (χ1v) is 5.38. The Bertz CT molecular complexity index is 660. The Kier molecular flexibility index (Phi) is 2.33. The zero-order valence-electron chi connectivity index (χ0n) is 9.58. The standard InChI is InChI=1S/C10H11N7O/c1-5(10-12-4-13-15-10)14-7-3-2-6(11)8-9(7)17-18-16-8/h2-5,14H,11H2,1H3,(H,12,13,15). The predicted octanol–water partition coefficient (Wildman–Crippen LogP) is 1.10. The lowest BCUT2D eigenvalue weighted by Crippen LogP contribution is -2.09. The van der Waals surface area contributed by atoms with Crippen LogP contribution in [0.4, 0.5) is 11.4 Å². The molecule has 0 aliphatic carbocycles. The van der Waals surface area contributed by atoms with Gasteiger partial charge in [0.25, 0.3) is 0 Å². The van der Waals surface area contributed by atoms with E-state index in [-0.39, 0.29) is 6.04 Å². The molecule has 92 valence electrons. The Morgan fingerprint density at radius 2 is 2.17 bits per heavy atom. The quantitative estimate of drug-likeness (QED) is 0.591. The minimum atomic E-state index is -0.0453. The van der Waals surface area contributed by atoms with Crippen molar-refractivity contribution in [3.05, 3.63) is 24.3 Å². The van der Waals surface area contributed by atoms with Gasteiger partial charge in [-0.2, -0.15) is 5.10 Å². The van der Waals surface area contributed by atoms with Gasteiger partial charge in [-0.15, -0.1) is 0 Å². The molecule has 8 nitrogen and oxygen atoms in total. The number of nitrogens with two attached hydrogens (primary N) is 1. The summed E-state index contributed by atoms with van der Waals surface area (Å²) in [7, 11) is 0. The van der Waals surface area contributed by atoms with Crippen LogP contribution in [-0.2, 0) is 0 Å². The Balaban J connectivity index is 1.96. The number of hydrogen-bond donors (Lipinski definition) is 3. The summed E-state index contributed by atoms with van der Waals surface area (Å²) in [6.45, 7) is 1.95. The van der Waals surface area contributed by atoms with E-state index in [1.807, 2.05) is 13.0 Å². The second kappa shape index (κ2) is 3.99. The van der Waals surface area contributed by atoms with Crippen molar-refractivity contribution in [3.63, 3.8) is 0 Å². The van der Waals surface area contributed by atoms with Gasteiger partial charge in [-0.1, -0.05) is 0 Å². The van der Waals surface area contributed by atoms with E-state index >= 15 is 0 Å². The normalized spacial score (nSPS) is 12.7. The zero-order chi connectivity index (χ0) is 12.5. The van der Waals surface area contributed by atoms with E-state index in [1.54, 1.807) is 6.07 Å². The van der Waals surface area contributed by atoms with Gasteiger partial charge in [0.2, 0.25) is 0 Å². The molecule has 0 saturated carbocycles. The van der Waals surface area contributed by atoms with Crippen LogP contribution in [0, 0.1) is 0 Å². The van der Waals surface area contributed by atoms with Crippen LogP contribution in [0.25, 0.3) is 11.0 Å². The van der Waals surface area contributed by atoms with Gasteiger partial charge in [0, 0.05) is 0 Å². The van der Waals surface area contributed by atoms with E-state index in [9.17, 15) is 0 Å². The average molecular weight is 245 g/mol. The summed E-state index contributed by atoms with van der Waals surface area (Å²) in [4.78, 5) is 4.08. The molecular formula is C10H11N7O. The smallest absolute Gasteiger partial charge is 0.160 e. The van der Waals surface area contributed by atoms with Gasteiger partial charge in [-0.25, -0.2) is 9.61 Å². The molecule has 0 bridgehead atoms. The van der Waals surface area contributed by atoms with E-state index in [0.29, 0.717) is 16.7 Å². The highest BCUT2D eigenvalue weighted by molar-refractivity contribution is 5.95. The molecule has 0 spiro atoms. The summed E-state index contributed by atoms with van der Waals surface area (Å²) in [6.07, 6.45) is 1.46. The lowest BCUT2D eigenvalue weighted by molar-refractivity contribution is 0.315. The molecule has 2 heterocycles. The molecule has 8 heteroatoms. The Morgan fingerprint density at radius 1 is 1.33 bits per heavy atom. The number of nitrogens with zero attached hydrogens (tertiary/aromatic N) is 4. The zero-order valence-corrected chi connectivity index (χ0v) is 9.58. The number of fused-ring (bicyclic) bond motifs is 1. The first kappa shape index (κ1) is 10.5. The molecule has 18 heavy (non-hydrogen) atoms. The second-order valence-electron chi connectivity index (χ2n) is 3.90. The second-order valence-corrected chi connectivity index (χ2v) is 3.90. The van der Waals surface area contributed by atoms with Crippen LogP contribution in [0.1, 0.15) is 18.8 Å². The molecule has 2 aromatic heterocycles. The Labute approximate surface area is 102 Å². The third kappa shape index (κ3) is 1.63. The Morgan fingerprint density at radius 3 is 2.94 bits per heavy atom. The molecule has 3 aromatic rings. The summed E-state index contributed by atoms with van der Waals surface area (Å²) < 4.78 is 4.70. The molecule has 0 fully saturated rings. The van der Waals surface area contributed by atoms with Gasteiger partial charge in [-0.05, 0) is 29.4 Å². The molecule has 4 N–H and O–H groups in total. The number of nitrogens with one attached hydrogen (secondary N) is 2. The van der Waals surface area contributed by atoms with Crippen molar-refractivity contribution in [2.24, 2.45) is 0 Å². The number of aromatic nitrogens is 5. The number of rotatable bonds is 3. The average Bonchev–Trinajstić information content (AvgIpc) is 3.01. The third-order valence-electron chi connectivity index (χ3n) is 2.66. The van der Waals surface area contributed by atoms with Crippen molar-refractivity contribution < 1.29 is 4.63 Å². The maximum Gasteiger partial charge on any atom is 0.160 e. The maximum atomic E-state index is 5.78. The number of hydrogen-bond acceptors (Lipinski definition) is 7. The van der Waals surface area contributed by atoms with Crippen molar-refractivity contribution in [2.45, 2.75) is 13.0 Å². The molecular weight excluding hydrogens is 234 g/mol. The van der Waals surface area contributed by atoms with Crippen molar-refractivity contribution >= 4 is 22.4 Å². The van der Waals surface area contributed by atoms with E-state index < -0.39 is 0 Å². The monoisotopic (exact) mass is 245 g/mol. The van der Waals surface area contributed by atoms with Crippen molar-refractivity contribution in [1.29, 1.82) is 0 Å². The summed E-state index contributed by atoms with van der Waals surface area (Å²) in [5.74, 6) is 0.733. The minimum absolute atomic E-state index is 0.0453. The number of benzene rings is 1. The van der Waals surface area contributed by atoms with Gasteiger partial charge in [0.05, 0.1) is 17.4 Å². The largest absolute Gasteiger partial charge is 0.397 e. The third-order valence-corrected chi connectivity index (χ3v) is 2.66. The van der Waals surface area contributed by atoms with Crippen molar-refractivity contribution in [3.8, 4) is 0 Å². The van der Waals surface area contributed by atoms with Crippen LogP contribution >= 0.6 is 0 Å². The van der Waals surface area contributed by atoms with Gasteiger partial charge in [0.1, 0.15) is 12.2 Å². The van der Waals surface area contributed by atoms with Crippen LogP contribution in [0.5, 0.6) is 0 Å².